The first-order valence-corrected chi connectivity index (χ1v) is 9.03. The summed E-state index contributed by atoms with van der Waals surface area (Å²) < 4.78 is 11.9. The highest BCUT2D eigenvalue weighted by Gasteiger charge is 2.30. The average Bonchev–Trinajstić information content (AvgIpc) is 2.91. The summed E-state index contributed by atoms with van der Waals surface area (Å²) >= 11 is 0. The number of fused-ring (bicyclic) bond motifs is 1. The molecule has 25 heavy (non-hydrogen) atoms. The van der Waals surface area contributed by atoms with E-state index in [-0.39, 0.29) is 11.7 Å². The summed E-state index contributed by atoms with van der Waals surface area (Å²) in [6, 6.07) is 6.64. The molecular formula is C20H25N3O2. The molecule has 1 fully saturated rings. The Morgan fingerprint density at radius 2 is 2.08 bits per heavy atom. The molecule has 5 heteroatoms. The van der Waals surface area contributed by atoms with E-state index in [4.69, 9.17) is 9.47 Å². The summed E-state index contributed by atoms with van der Waals surface area (Å²) in [5.41, 5.74) is 2.63. The molecule has 0 amide bonds. The SMILES string of the molecule is CC1(C)Cc2cc(CN3CCC(Oc4cnccn4)CC3)ccc2O1. The Bertz CT molecular complexity index is 725. The average molecular weight is 339 g/mol. The molecule has 0 spiro atoms. The molecule has 0 unspecified atom stereocenters. The van der Waals surface area contributed by atoms with Crippen molar-refractivity contribution in [2.75, 3.05) is 13.1 Å². The second kappa shape index (κ2) is 6.64. The Kier molecular flexibility index (Phi) is 4.34. The maximum Gasteiger partial charge on any atom is 0.232 e. The van der Waals surface area contributed by atoms with Gasteiger partial charge < -0.3 is 9.47 Å². The molecule has 0 aliphatic carbocycles. The fourth-order valence-corrected chi connectivity index (χ4v) is 3.72. The minimum Gasteiger partial charge on any atom is -0.487 e. The van der Waals surface area contributed by atoms with E-state index >= 15 is 0 Å². The normalized spacial score (nSPS) is 20.1. The molecular weight excluding hydrogens is 314 g/mol. The van der Waals surface area contributed by atoms with Crippen LogP contribution in [-0.2, 0) is 13.0 Å². The maximum atomic E-state index is 5.97. The van der Waals surface area contributed by atoms with Crippen LogP contribution in [0.4, 0.5) is 0 Å². The number of aromatic nitrogens is 2. The molecule has 0 bridgehead atoms. The smallest absolute Gasteiger partial charge is 0.232 e. The summed E-state index contributed by atoms with van der Waals surface area (Å²) in [6.07, 6.45) is 8.30. The second-order valence-electron chi connectivity index (χ2n) is 7.62. The Morgan fingerprint density at radius 1 is 1.24 bits per heavy atom. The van der Waals surface area contributed by atoms with Gasteiger partial charge in [0, 0.05) is 38.4 Å². The third-order valence-corrected chi connectivity index (χ3v) is 4.90. The van der Waals surface area contributed by atoms with E-state index in [0.29, 0.717) is 5.88 Å². The zero-order chi connectivity index (χ0) is 17.3. The summed E-state index contributed by atoms with van der Waals surface area (Å²) in [4.78, 5) is 10.7. The predicted molar refractivity (Wildman–Crippen MR) is 95.8 cm³/mol. The Balaban J connectivity index is 1.31. The van der Waals surface area contributed by atoms with Crippen molar-refractivity contribution in [1.29, 1.82) is 0 Å². The van der Waals surface area contributed by atoms with Gasteiger partial charge in [-0.2, -0.15) is 0 Å². The van der Waals surface area contributed by atoms with Gasteiger partial charge in [-0.25, -0.2) is 4.98 Å². The van der Waals surface area contributed by atoms with Crippen molar-refractivity contribution in [2.24, 2.45) is 0 Å². The van der Waals surface area contributed by atoms with Gasteiger partial charge in [-0.15, -0.1) is 0 Å². The van der Waals surface area contributed by atoms with Crippen LogP contribution in [0.3, 0.4) is 0 Å². The number of benzene rings is 1. The Hall–Kier alpha value is -2.14. The quantitative estimate of drug-likeness (QED) is 0.856. The molecule has 0 N–H and O–H groups in total. The molecule has 3 heterocycles. The van der Waals surface area contributed by atoms with Crippen molar-refractivity contribution in [3.05, 3.63) is 47.9 Å². The highest BCUT2D eigenvalue weighted by atomic mass is 16.5. The van der Waals surface area contributed by atoms with Crippen LogP contribution in [-0.4, -0.2) is 39.7 Å². The predicted octanol–water partition coefficient (Wildman–Crippen LogP) is 3.23. The number of ether oxygens (including phenoxy) is 2. The second-order valence-corrected chi connectivity index (χ2v) is 7.62. The molecule has 0 atom stereocenters. The lowest BCUT2D eigenvalue weighted by molar-refractivity contribution is 0.0929. The molecule has 5 nitrogen and oxygen atoms in total. The largest absolute Gasteiger partial charge is 0.487 e. The zero-order valence-corrected chi connectivity index (χ0v) is 14.9. The lowest BCUT2D eigenvalue weighted by atomic mass is 9.99. The fraction of sp³-hybridized carbons (Fsp3) is 0.500. The van der Waals surface area contributed by atoms with E-state index in [1.165, 1.54) is 11.1 Å². The van der Waals surface area contributed by atoms with Gasteiger partial charge in [0.15, 0.2) is 0 Å². The van der Waals surface area contributed by atoms with Crippen LogP contribution in [0.25, 0.3) is 0 Å². The number of nitrogens with zero attached hydrogens (tertiary/aromatic N) is 3. The van der Waals surface area contributed by atoms with Crippen LogP contribution in [0.5, 0.6) is 11.6 Å². The third kappa shape index (κ3) is 3.93. The first-order valence-electron chi connectivity index (χ1n) is 9.03. The first-order chi connectivity index (χ1) is 12.1. The van der Waals surface area contributed by atoms with Gasteiger partial charge in [-0.05, 0) is 43.9 Å². The third-order valence-electron chi connectivity index (χ3n) is 4.90. The fourth-order valence-electron chi connectivity index (χ4n) is 3.72. The highest BCUT2D eigenvalue weighted by molar-refractivity contribution is 5.41. The molecule has 1 aromatic heterocycles. The van der Waals surface area contributed by atoms with E-state index in [2.05, 4.69) is 46.9 Å². The van der Waals surface area contributed by atoms with E-state index in [9.17, 15) is 0 Å². The summed E-state index contributed by atoms with van der Waals surface area (Å²) in [7, 11) is 0. The van der Waals surface area contributed by atoms with Crippen LogP contribution in [0.2, 0.25) is 0 Å². The van der Waals surface area contributed by atoms with Crippen LogP contribution in [0, 0.1) is 0 Å². The van der Waals surface area contributed by atoms with Gasteiger partial charge in [-0.3, -0.25) is 9.88 Å². The molecule has 132 valence electrons. The van der Waals surface area contributed by atoms with Gasteiger partial charge in [-0.1, -0.05) is 12.1 Å². The van der Waals surface area contributed by atoms with E-state index in [1.807, 2.05) is 0 Å². The molecule has 2 aliphatic rings. The number of rotatable bonds is 4. The van der Waals surface area contributed by atoms with Gasteiger partial charge in [0.25, 0.3) is 0 Å². The molecule has 0 radical (unpaired) electrons. The topological polar surface area (TPSA) is 47.5 Å². The van der Waals surface area contributed by atoms with Crippen molar-refractivity contribution < 1.29 is 9.47 Å². The summed E-state index contributed by atoms with van der Waals surface area (Å²) in [5, 5.41) is 0. The lowest BCUT2D eigenvalue weighted by Crippen LogP contribution is -2.37. The van der Waals surface area contributed by atoms with E-state index < -0.39 is 0 Å². The number of likely N-dealkylation sites (tertiary alicyclic amines) is 1. The number of hydrogen-bond acceptors (Lipinski definition) is 5. The van der Waals surface area contributed by atoms with Crippen molar-refractivity contribution in [3.8, 4) is 11.6 Å². The Morgan fingerprint density at radius 3 is 2.84 bits per heavy atom. The van der Waals surface area contributed by atoms with Gasteiger partial charge in [0.05, 0.1) is 6.20 Å². The molecule has 0 saturated carbocycles. The molecule has 2 aromatic rings. The monoisotopic (exact) mass is 339 g/mol. The molecule has 1 aromatic carbocycles. The molecule has 4 rings (SSSR count). The van der Waals surface area contributed by atoms with Crippen LogP contribution in [0.15, 0.2) is 36.8 Å². The maximum absolute atomic E-state index is 5.97. The van der Waals surface area contributed by atoms with Crippen molar-refractivity contribution in [3.63, 3.8) is 0 Å². The number of hydrogen-bond donors (Lipinski definition) is 0. The van der Waals surface area contributed by atoms with Gasteiger partial charge in [0.2, 0.25) is 5.88 Å². The highest BCUT2D eigenvalue weighted by Crippen LogP contribution is 2.35. The molecule has 2 aliphatic heterocycles. The van der Waals surface area contributed by atoms with E-state index in [0.717, 1.165) is 44.6 Å². The Labute approximate surface area is 149 Å². The van der Waals surface area contributed by atoms with Crippen LogP contribution in [0.1, 0.15) is 37.8 Å². The lowest BCUT2D eigenvalue weighted by Gasteiger charge is -2.31. The summed E-state index contributed by atoms with van der Waals surface area (Å²) in [5.74, 6) is 1.67. The van der Waals surface area contributed by atoms with Gasteiger partial charge >= 0.3 is 0 Å². The van der Waals surface area contributed by atoms with Crippen molar-refractivity contribution in [1.82, 2.24) is 14.9 Å². The first kappa shape index (κ1) is 16.3. The van der Waals surface area contributed by atoms with E-state index in [1.54, 1.807) is 18.6 Å². The number of piperidine rings is 1. The minimum absolute atomic E-state index is 0.0724. The molecule has 1 saturated heterocycles. The van der Waals surface area contributed by atoms with Crippen molar-refractivity contribution >= 4 is 0 Å². The van der Waals surface area contributed by atoms with Crippen molar-refractivity contribution in [2.45, 2.75) is 51.4 Å². The minimum atomic E-state index is -0.0724. The van der Waals surface area contributed by atoms with Crippen LogP contribution < -0.4 is 9.47 Å². The summed E-state index contributed by atoms with van der Waals surface area (Å²) in [6.45, 7) is 7.38. The van der Waals surface area contributed by atoms with Gasteiger partial charge in [0.1, 0.15) is 17.5 Å². The zero-order valence-electron chi connectivity index (χ0n) is 14.9. The van der Waals surface area contributed by atoms with Crippen LogP contribution >= 0.6 is 0 Å². The standard InChI is InChI=1S/C20H25N3O2/c1-20(2)12-16-11-15(3-4-18(16)25-20)14-23-9-5-17(6-10-23)24-19-13-21-7-8-22-19/h3-4,7-8,11,13,17H,5-6,9-10,12,14H2,1-2H3.